The lowest BCUT2D eigenvalue weighted by atomic mass is 9.57. The number of aliphatic hydroxyl groups is 2. The number of Topliss-reactive ketones (excluding diaryl/α,β-unsaturated/α-hetero) is 1. The van der Waals surface area contributed by atoms with Crippen molar-refractivity contribution in [1.82, 2.24) is 0 Å². The van der Waals surface area contributed by atoms with Crippen LogP contribution in [0.25, 0.3) is 0 Å². The first-order valence-electron chi connectivity index (χ1n) is 14.7. The van der Waals surface area contributed by atoms with Crippen LogP contribution in [0.1, 0.15) is 50.0 Å². The number of aliphatic hydroxyl groups excluding tert-OH is 2. The highest BCUT2D eigenvalue weighted by Gasteiger charge is 2.78. The number of nitrogens with zero attached hydrogens (tertiary/aromatic N) is 1. The Morgan fingerprint density at radius 2 is 1.81 bits per heavy atom. The van der Waals surface area contributed by atoms with Crippen molar-refractivity contribution in [2.24, 2.45) is 39.7 Å². The molecule has 0 aromatic heterocycles. The van der Waals surface area contributed by atoms with E-state index < -0.39 is 41.7 Å². The Morgan fingerprint density at radius 3 is 2.50 bits per heavy atom. The monoisotopic (exact) mass is 570 g/mol. The molecule has 2 fully saturated rings. The lowest BCUT2D eigenvalue weighted by Crippen LogP contribution is -2.64. The summed E-state index contributed by atoms with van der Waals surface area (Å²) in [7, 11) is 0. The number of carbonyl (C=O) groups is 2. The molecule has 2 aromatic rings. The van der Waals surface area contributed by atoms with E-state index in [-0.39, 0.29) is 40.1 Å². The van der Waals surface area contributed by atoms with E-state index in [0.29, 0.717) is 24.2 Å². The highest BCUT2D eigenvalue weighted by Crippen LogP contribution is 2.72. The minimum Gasteiger partial charge on any atom is -0.451 e. The summed E-state index contributed by atoms with van der Waals surface area (Å²) in [6, 6.07) is 16.7. The normalized spacial score (nSPS) is 35.9. The number of para-hydroxylation sites is 1. The van der Waals surface area contributed by atoms with E-state index >= 15 is 0 Å². The Hall–Kier alpha value is -3.62. The number of ether oxygens (including phenoxy) is 1. The number of hydrogen-bond donors (Lipinski definition) is 3. The highest BCUT2D eigenvalue weighted by molar-refractivity contribution is 5.98. The van der Waals surface area contributed by atoms with Crippen molar-refractivity contribution in [3.05, 3.63) is 93.9 Å². The third kappa shape index (κ3) is 3.81. The van der Waals surface area contributed by atoms with Gasteiger partial charge in [0.1, 0.15) is 6.10 Å². The summed E-state index contributed by atoms with van der Waals surface area (Å²) in [6.07, 6.45) is 1.15. The molecule has 220 valence electrons. The van der Waals surface area contributed by atoms with Gasteiger partial charge in [-0.1, -0.05) is 80.6 Å². The molecule has 42 heavy (non-hydrogen) atoms. The number of rotatable bonds is 7. The van der Waals surface area contributed by atoms with Crippen molar-refractivity contribution < 1.29 is 24.5 Å². The first-order chi connectivity index (χ1) is 20.0. The second-order valence-electron chi connectivity index (χ2n) is 13.1. The molecule has 4 aliphatic rings. The number of fused-ring (bicyclic) bond motifs is 3. The van der Waals surface area contributed by atoms with Crippen LogP contribution in [0.5, 0.6) is 0 Å². The Kier molecular flexibility index (Phi) is 6.78. The van der Waals surface area contributed by atoms with Crippen LogP contribution < -0.4 is 5.32 Å². The minimum atomic E-state index is -2.06. The third-order valence-corrected chi connectivity index (χ3v) is 10.7. The topological polar surface area (TPSA) is 125 Å². The van der Waals surface area contributed by atoms with E-state index in [1.165, 1.54) is 0 Å². The van der Waals surface area contributed by atoms with Crippen molar-refractivity contribution in [2.75, 3.05) is 11.9 Å². The smallest absolute Gasteiger partial charge is 0.340 e. The average molecular weight is 571 g/mol. The van der Waals surface area contributed by atoms with Gasteiger partial charge in [-0.05, 0) is 65.4 Å². The molecule has 0 aliphatic heterocycles. The first-order valence-corrected chi connectivity index (χ1v) is 14.7. The summed E-state index contributed by atoms with van der Waals surface area (Å²) in [5, 5.41) is 29.1. The molecule has 8 heteroatoms. The van der Waals surface area contributed by atoms with E-state index in [4.69, 9.17) is 4.74 Å². The second-order valence-corrected chi connectivity index (χ2v) is 13.1. The van der Waals surface area contributed by atoms with Crippen LogP contribution in [0.3, 0.4) is 0 Å². The molecule has 0 heterocycles. The molecular weight excluding hydrogens is 532 g/mol. The molecule has 6 rings (SSSR count). The Labute approximate surface area is 245 Å². The summed E-state index contributed by atoms with van der Waals surface area (Å²) in [5.41, 5.74) is -1.14. The molecule has 0 amide bonds. The van der Waals surface area contributed by atoms with Crippen LogP contribution in [0.15, 0.2) is 83.1 Å². The molecule has 2 aromatic carbocycles. The fourth-order valence-corrected chi connectivity index (χ4v) is 8.55. The van der Waals surface area contributed by atoms with Gasteiger partial charge in [0.05, 0.1) is 17.6 Å². The summed E-state index contributed by atoms with van der Waals surface area (Å²) in [6.45, 7) is 7.86. The van der Waals surface area contributed by atoms with Gasteiger partial charge in [0, 0.05) is 18.2 Å². The standard InChI is InChI=1S/C34H38N2O6/c1-19-16-33-20(2)14-25-27(32(25,3)4)24(29(33)39)15-22(18-37)28(38)34(33,36-41)30(19)42-31(40)23-12-8-9-13-26(23)35-17-21-10-6-5-7-11-21/h5-13,15-16,20,24-25,27-28,30,35,37-38H,14,17-18H2,1-4H3. The van der Waals surface area contributed by atoms with E-state index in [9.17, 15) is 24.7 Å². The zero-order chi connectivity index (χ0) is 30.0. The molecular formula is C34H38N2O6. The van der Waals surface area contributed by atoms with E-state index in [1.54, 1.807) is 43.3 Å². The van der Waals surface area contributed by atoms with E-state index in [0.717, 1.165) is 5.56 Å². The molecule has 1 spiro atoms. The van der Waals surface area contributed by atoms with Crippen LogP contribution in [0.2, 0.25) is 0 Å². The van der Waals surface area contributed by atoms with Crippen LogP contribution in [0, 0.1) is 39.4 Å². The van der Waals surface area contributed by atoms with Gasteiger partial charge in [-0.25, -0.2) is 4.79 Å². The number of benzene rings is 2. The summed E-state index contributed by atoms with van der Waals surface area (Å²) in [5.74, 6) is -1.57. The van der Waals surface area contributed by atoms with Crippen LogP contribution >= 0.6 is 0 Å². The third-order valence-electron chi connectivity index (χ3n) is 10.7. The largest absolute Gasteiger partial charge is 0.451 e. The molecule has 0 saturated heterocycles. The van der Waals surface area contributed by atoms with Crippen molar-refractivity contribution in [1.29, 1.82) is 0 Å². The second kappa shape index (κ2) is 9.99. The maximum atomic E-state index is 14.6. The fraction of sp³-hybridized carbons (Fsp3) is 0.471. The van der Waals surface area contributed by atoms with Gasteiger partial charge < -0.3 is 20.3 Å². The number of carbonyl (C=O) groups excluding carboxylic acids is 2. The molecule has 2 bridgehead atoms. The number of ketones is 1. The van der Waals surface area contributed by atoms with E-state index in [1.807, 2.05) is 37.3 Å². The Balaban J connectivity index is 1.39. The van der Waals surface area contributed by atoms with Gasteiger partial charge in [0.2, 0.25) is 0 Å². The van der Waals surface area contributed by atoms with Gasteiger partial charge in [0.25, 0.3) is 0 Å². The number of allylic oxidation sites excluding steroid dienone is 1. The number of nitroso groups, excluding NO2 is 1. The lowest BCUT2D eigenvalue weighted by Gasteiger charge is -2.47. The fourth-order valence-electron chi connectivity index (χ4n) is 8.55. The van der Waals surface area contributed by atoms with E-state index in [2.05, 4.69) is 24.3 Å². The molecule has 8 atom stereocenters. The number of esters is 1. The Morgan fingerprint density at radius 1 is 1.12 bits per heavy atom. The minimum absolute atomic E-state index is 0.0286. The van der Waals surface area contributed by atoms with Gasteiger partial charge in [-0.15, -0.1) is 4.91 Å². The highest BCUT2D eigenvalue weighted by atomic mass is 16.5. The van der Waals surface area contributed by atoms with Crippen LogP contribution in [-0.2, 0) is 16.1 Å². The average Bonchev–Trinajstić information content (AvgIpc) is 3.46. The number of anilines is 1. The zero-order valence-electron chi connectivity index (χ0n) is 24.4. The molecule has 4 aliphatic carbocycles. The summed E-state index contributed by atoms with van der Waals surface area (Å²) >= 11 is 0. The van der Waals surface area contributed by atoms with Crippen molar-refractivity contribution in [3.63, 3.8) is 0 Å². The predicted octanol–water partition coefficient (Wildman–Crippen LogP) is 5.07. The SMILES string of the molecule is CC1=CC23C(=O)C(C=C(CO)C(O)C2(N=O)C1OC(=O)c1ccccc1NCc1ccccc1)C1C(CC3C)C1(C)C. The quantitative estimate of drug-likeness (QED) is 0.241. The first kappa shape index (κ1) is 28.5. The maximum Gasteiger partial charge on any atom is 0.340 e. The van der Waals surface area contributed by atoms with Crippen LogP contribution in [-0.4, -0.2) is 46.3 Å². The van der Waals surface area contributed by atoms with Crippen molar-refractivity contribution in [3.8, 4) is 0 Å². The number of nitrogens with one attached hydrogen (secondary N) is 1. The summed E-state index contributed by atoms with van der Waals surface area (Å²) in [4.78, 5) is 41.7. The molecule has 0 radical (unpaired) electrons. The van der Waals surface area contributed by atoms with Crippen molar-refractivity contribution >= 4 is 17.4 Å². The Bertz CT molecular complexity index is 1500. The van der Waals surface area contributed by atoms with Crippen LogP contribution in [0.4, 0.5) is 5.69 Å². The predicted molar refractivity (Wildman–Crippen MR) is 158 cm³/mol. The number of hydrogen-bond acceptors (Lipinski definition) is 8. The van der Waals surface area contributed by atoms with Gasteiger partial charge >= 0.3 is 5.97 Å². The molecule has 8 nitrogen and oxygen atoms in total. The van der Waals surface area contributed by atoms with Gasteiger partial charge in [-0.3, -0.25) is 4.79 Å². The molecule has 3 N–H and O–H groups in total. The lowest BCUT2D eigenvalue weighted by molar-refractivity contribution is -0.141. The van der Waals surface area contributed by atoms with Crippen molar-refractivity contribution in [2.45, 2.75) is 58.4 Å². The summed E-state index contributed by atoms with van der Waals surface area (Å²) < 4.78 is 6.13. The molecule has 2 saturated carbocycles. The zero-order valence-corrected chi connectivity index (χ0v) is 24.4. The van der Waals surface area contributed by atoms with Gasteiger partial charge in [0.15, 0.2) is 17.4 Å². The maximum absolute atomic E-state index is 14.6. The van der Waals surface area contributed by atoms with Gasteiger partial charge in [-0.2, -0.15) is 0 Å². The molecule has 8 unspecified atom stereocenters.